The number of nitrogens with zero attached hydrogens (tertiary/aromatic N) is 4. The van der Waals surface area contributed by atoms with Gasteiger partial charge in [0.2, 0.25) is 0 Å². The van der Waals surface area contributed by atoms with Gasteiger partial charge in [-0.15, -0.1) is 5.10 Å². The van der Waals surface area contributed by atoms with Crippen molar-refractivity contribution in [2.24, 2.45) is 0 Å². The zero-order valence-electron chi connectivity index (χ0n) is 6.35. The fourth-order valence-corrected chi connectivity index (χ4v) is 1.08. The van der Waals surface area contributed by atoms with Gasteiger partial charge < -0.3 is 0 Å². The van der Waals surface area contributed by atoms with Gasteiger partial charge in [-0.2, -0.15) is 0 Å². The van der Waals surface area contributed by atoms with Crippen LogP contribution in [0.1, 0.15) is 0 Å². The van der Waals surface area contributed by atoms with Gasteiger partial charge in [0.05, 0.1) is 10.7 Å². The first-order valence-electron chi connectivity index (χ1n) is 3.46. The van der Waals surface area contributed by atoms with Crippen LogP contribution in [0.15, 0.2) is 24.5 Å². The molecule has 0 aliphatic rings. The van der Waals surface area contributed by atoms with Gasteiger partial charge in [0, 0.05) is 0 Å². The van der Waals surface area contributed by atoms with Crippen molar-refractivity contribution in [2.45, 2.75) is 0 Å². The monoisotopic (exact) mass is 198 g/mol. The quantitative estimate of drug-likeness (QED) is 0.697. The number of benzene rings is 1. The first kappa shape index (κ1) is 8.12. The second-order valence-electron chi connectivity index (χ2n) is 2.35. The summed E-state index contributed by atoms with van der Waals surface area (Å²) in [5.41, 5.74) is 0.622. The van der Waals surface area contributed by atoms with Gasteiger partial charge in [-0.25, -0.2) is 9.07 Å². The van der Waals surface area contributed by atoms with Crippen molar-refractivity contribution in [2.75, 3.05) is 0 Å². The smallest absolute Gasteiger partial charge is 0.143 e. The van der Waals surface area contributed by atoms with Crippen LogP contribution < -0.4 is 0 Å². The molecule has 1 heterocycles. The van der Waals surface area contributed by atoms with E-state index in [1.807, 2.05) is 0 Å². The molecule has 2 rings (SSSR count). The number of aromatic nitrogens is 4. The summed E-state index contributed by atoms with van der Waals surface area (Å²) in [4.78, 5) is 0. The van der Waals surface area contributed by atoms with Crippen molar-refractivity contribution in [3.63, 3.8) is 0 Å². The molecule has 0 bridgehead atoms. The average Bonchev–Trinajstić information content (AvgIpc) is 2.62. The molecule has 0 aliphatic heterocycles. The lowest BCUT2D eigenvalue weighted by Crippen LogP contribution is -1.95. The molecule has 0 radical (unpaired) electrons. The maximum atomic E-state index is 12.7. The number of hydrogen-bond acceptors (Lipinski definition) is 3. The fourth-order valence-electron chi connectivity index (χ4n) is 0.907. The van der Waals surface area contributed by atoms with E-state index in [0.717, 1.165) is 0 Å². The molecule has 0 saturated heterocycles. The predicted molar refractivity (Wildman–Crippen MR) is 44.1 cm³/mol. The second-order valence-corrected chi connectivity index (χ2v) is 2.76. The Labute approximate surface area is 77.9 Å². The van der Waals surface area contributed by atoms with Crippen LogP contribution >= 0.6 is 11.6 Å². The van der Waals surface area contributed by atoms with E-state index in [0.29, 0.717) is 5.69 Å². The van der Waals surface area contributed by atoms with Gasteiger partial charge >= 0.3 is 0 Å². The third-order valence-electron chi connectivity index (χ3n) is 1.52. The van der Waals surface area contributed by atoms with Gasteiger partial charge in [-0.1, -0.05) is 11.6 Å². The van der Waals surface area contributed by atoms with E-state index >= 15 is 0 Å². The van der Waals surface area contributed by atoms with Crippen molar-refractivity contribution in [1.29, 1.82) is 0 Å². The van der Waals surface area contributed by atoms with Gasteiger partial charge in [0.15, 0.2) is 0 Å². The van der Waals surface area contributed by atoms with Gasteiger partial charge in [0.25, 0.3) is 0 Å². The van der Waals surface area contributed by atoms with Crippen molar-refractivity contribution in [3.8, 4) is 5.69 Å². The Morgan fingerprint density at radius 3 is 2.85 bits per heavy atom. The zero-order valence-corrected chi connectivity index (χ0v) is 7.11. The van der Waals surface area contributed by atoms with E-state index in [9.17, 15) is 4.39 Å². The number of halogens is 2. The Balaban J connectivity index is 2.49. The van der Waals surface area contributed by atoms with Crippen LogP contribution in [-0.2, 0) is 0 Å². The molecule has 0 saturated carbocycles. The fraction of sp³-hybridized carbons (Fsp3) is 0. The van der Waals surface area contributed by atoms with E-state index in [4.69, 9.17) is 11.6 Å². The van der Waals surface area contributed by atoms with Gasteiger partial charge in [-0.3, -0.25) is 0 Å². The van der Waals surface area contributed by atoms with Crippen LogP contribution in [0.4, 0.5) is 4.39 Å². The minimum absolute atomic E-state index is 0.0491. The lowest BCUT2D eigenvalue weighted by atomic mass is 10.3. The normalized spacial score (nSPS) is 10.3. The van der Waals surface area contributed by atoms with Crippen LogP contribution in [0.2, 0.25) is 5.02 Å². The van der Waals surface area contributed by atoms with Crippen LogP contribution in [0.25, 0.3) is 5.69 Å². The predicted octanol–water partition coefficient (Wildman–Crippen LogP) is 1.45. The summed E-state index contributed by atoms with van der Waals surface area (Å²) in [6.45, 7) is 0. The third-order valence-corrected chi connectivity index (χ3v) is 1.81. The Morgan fingerprint density at radius 2 is 2.23 bits per heavy atom. The van der Waals surface area contributed by atoms with Gasteiger partial charge in [-0.05, 0) is 28.6 Å². The molecule has 0 N–H and O–H groups in total. The first-order valence-corrected chi connectivity index (χ1v) is 3.83. The Hall–Kier alpha value is -1.49. The molecule has 13 heavy (non-hydrogen) atoms. The molecule has 0 fully saturated rings. The molecule has 1 aromatic heterocycles. The molecule has 66 valence electrons. The topological polar surface area (TPSA) is 43.6 Å². The van der Waals surface area contributed by atoms with E-state index in [-0.39, 0.29) is 5.02 Å². The zero-order chi connectivity index (χ0) is 9.26. The molecule has 0 spiro atoms. The van der Waals surface area contributed by atoms with Crippen molar-refractivity contribution >= 4 is 11.6 Å². The SMILES string of the molecule is Fc1ccc(-n2cnnn2)cc1Cl. The average molecular weight is 199 g/mol. The molecule has 0 unspecified atom stereocenters. The van der Waals surface area contributed by atoms with Crippen LogP contribution in [0, 0.1) is 5.82 Å². The summed E-state index contributed by atoms with van der Waals surface area (Å²) >= 11 is 5.57. The Kier molecular flexibility index (Phi) is 1.94. The summed E-state index contributed by atoms with van der Waals surface area (Å²) in [6, 6.07) is 4.25. The molecular formula is C7H4ClFN4. The molecule has 0 atom stereocenters. The summed E-state index contributed by atoms with van der Waals surface area (Å²) in [5, 5.41) is 10.6. The van der Waals surface area contributed by atoms with Crippen LogP contribution in [-0.4, -0.2) is 20.2 Å². The number of hydrogen-bond donors (Lipinski definition) is 0. The molecule has 6 heteroatoms. The highest BCUT2D eigenvalue weighted by Crippen LogP contribution is 2.17. The minimum Gasteiger partial charge on any atom is -0.205 e. The molecule has 2 aromatic rings. The van der Waals surface area contributed by atoms with E-state index in [1.165, 1.54) is 29.2 Å². The summed E-state index contributed by atoms with van der Waals surface area (Å²) in [7, 11) is 0. The standard InChI is InChI=1S/C7H4ClFN4/c8-6-3-5(1-2-7(6)9)13-4-10-11-12-13/h1-4H. The molecule has 0 amide bonds. The van der Waals surface area contributed by atoms with E-state index in [1.54, 1.807) is 0 Å². The maximum absolute atomic E-state index is 12.7. The summed E-state index contributed by atoms with van der Waals surface area (Å²) in [6.07, 6.45) is 1.41. The lowest BCUT2D eigenvalue weighted by molar-refractivity contribution is 0.627. The number of tetrazole rings is 1. The first-order chi connectivity index (χ1) is 6.27. The highest BCUT2D eigenvalue weighted by Gasteiger charge is 2.02. The largest absolute Gasteiger partial charge is 0.205 e. The molecule has 4 nitrogen and oxygen atoms in total. The lowest BCUT2D eigenvalue weighted by Gasteiger charge is -1.99. The number of rotatable bonds is 1. The Bertz CT molecular complexity index is 414. The molecule has 1 aromatic carbocycles. The highest BCUT2D eigenvalue weighted by molar-refractivity contribution is 6.30. The second kappa shape index (κ2) is 3.10. The third kappa shape index (κ3) is 1.50. The van der Waals surface area contributed by atoms with Crippen LogP contribution in [0.5, 0.6) is 0 Å². The molecule has 0 aliphatic carbocycles. The summed E-state index contributed by atoms with van der Waals surface area (Å²) < 4.78 is 14.1. The van der Waals surface area contributed by atoms with Crippen molar-refractivity contribution in [1.82, 2.24) is 20.2 Å². The molecular weight excluding hydrogens is 195 g/mol. The van der Waals surface area contributed by atoms with E-state index in [2.05, 4.69) is 15.5 Å². The van der Waals surface area contributed by atoms with Gasteiger partial charge in [0.1, 0.15) is 12.1 Å². The minimum atomic E-state index is -0.460. The van der Waals surface area contributed by atoms with Crippen molar-refractivity contribution < 1.29 is 4.39 Å². The maximum Gasteiger partial charge on any atom is 0.143 e. The van der Waals surface area contributed by atoms with E-state index < -0.39 is 5.82 Å². The van der Waals surface area contributed by atoms with Crippen LogP contribution in [0.3, 0.4) is 0 Å². The highest BCUT2D eigenvalue weighted by atomic mass is 35.5. The summed E-state index contributed by atoms with van der Waals surface area (Å²) in [5.74, 6) is -0.460. The van der Waals surface area contributed by atoms with Crippen molar-refractivity contribution in [3.05, 3.63) is 35.4 Å². The Morgan fingerprint density at radius 1 is 1.38 bits per heavy atom.